The molecular weight excluding hydrogens is 1210 g/mol. The van der Waals surface area contributed by atoms with Crippen LogP contribution in [0, 0.1) is 11.8 Å². The molecule has 0 amide bonds. The standard InChI is InChI=1S/C73H142O17P2/c1-7-11-13-15-17-19-20-21-22-23-24-25-26-27-28-29-30-31-32-38-45-51-57-72(77)89-68(61-84-71(76)56-50-44-37-34-33-35-41-47-53-65(5)9-3)63-87-91(79,80)85-59-67(74)60-86-92(81,82)88-64-69(62-83-70(75)55-49-43-36-18-16-14-12-8-2)90-73(78)58-52-46-40-39-42-48-54-66(6)10-4/h65-69,74H,7-64H2,1-6H3,(H,79,80)(H,81,82)/t65?,66?,67-,68-,69-/m1/s1. The molecule has 0 aromatic carbocycles. The van der Waals surface area contributed by atoms with E-state index in [-0.39, 0.29) is 25.7 Å². The first kappa shape index (κ1) is 90.1. The fourth-order valence-electron chi connectivity index (χ4n) is 11.1. The molecular formula is C73H142O17P2. The number of hydrogen-bond donors (Lipinski definition) is 3. The largest absolute Gasteiger partial charge is 0.472 e. The minimum absolute atomic E-state index is 0.103. The number of aliphatic hydroxyl groups is 1. The van der Waals surface area contributed by atoms with Crippen molar-refractivity contribution in [2.75, 3.05) is 39.6 Å². The van der Waals surface area contributed by atoms with E-state index < -0.39 is 97.5 Å². The molecule has 4 unspecified atom stereocenters. The summed E-state index contributed by atoms with van der Waals surface area (Å²) >= 11 is 0. The van der Waals surface area contributed by atoms with Crippen LogP contribution in [0.4, 0.5) is 0 Å². The summed E-state index contributed by atoms with van der Waals surface area (Å²) in [4.78, 5) is 72.5. The Hall–Kier alpha value is -1.94. The molecule has 0 aromatic rings. The van der Waals surface area contributed by atoms with Crippen LogP contribution in [0.3, 0.4) is 0 Å². The highest BCUT2D eigenvalue weighted by Gasteiger charge is 2.30. The second kappa shape index (κ2) is 65.0. The summed E-state index contributed by atoms with van der Waals surface area (Å²) in [5.41, 5.74) is 0. The van der Waals surface area contributed by atoms with Crippen LogP contribution in [-0.4, -0.2) is 96.7 Å². The van der Waals surface area contributed by atoms with E-state index in [4.69, 9.17) is 37.0 Å². The zero-order valence-corrected chi connectivity index (χ0v) is 61.6. The van der Waals surface area contributed by atoms with Gasteiger partial charge in [0.2, 0.25) is 0 Å². The lowest BCUT2D eigenvalue weighted by Crippen LogP contribution is -2.30. The molecule has 0 rings (SSSR count). The molecule has 0 saturated carbocycles. The van der Waals surface area contributed by atoms with E-state index >= 15 is 0 Å². The zero-order valence-electron chi connectivity index (χ0n) is 59.9. The second-order valence-electron chi connectivity index (χ2n) is 26.8. The Morgan fingerprint density at radius 2 is 0.522 bits per heavy atom. The Kier molecular flexibility index (Phi) is 63.7. The quantitative estimate of drug-likeness (QED) is 0.0222. The Morgan fingerprint density at radius 3 is 0.772 bits per heavy atom. The van der Waals surface area contributed by atoms with Gasteiger partial charge in [0.15, 0.2) is 12.2 Å². The molecule has 0 radical (unpaired) electrons. The maximum absolute atomic E-state index is 13.1. The molecule has 546 valence electrons. The Bertz CT molecular complexity index is 1790. The third-order valence-electron chi connectivity index (χ3n) is 17.7. The minimum atomic E-state index is -4.95. The van der Waals surface area contributed by atoms with E-state index in [0.29, 0.717) is 25.7 Å². The smallest absolute Gasteiger partial charge is 0.462 e. The highest BCUT2D eigenvalue weighted by molar-refractivity contribution is 7.47. The monoisotopic (exact) mass is 1350 g/mol. The van der Waals surface area contributed by atoms with E-state index in [2.05, 4.69) is 41.5 Å². The van der Waals surface area contributed by atoms with Gasteiger partial charge in [-0.1, -0.05) is 324 Å². The molecule has 0 aliphatic rings. The average molecular weight is 1350 g/mol. The summed E-state index contributed by atoms with van der Waals surface area (Å²) in [5.74, 6) is -0.630. The summed E-state index contributed by atoms with van der Waals surface area (Å²) in [6.07, 6.45) is 51.6. The van der Waals surface area contributed by atoms with Gasteiger partial charge in [-0.05, 0) is 37.5 Å². The van der Waals surface area contributed by atoms with Crippen molar-refractivity contribution in [1.29, 1.82) is 0 Å². The summed E-state index contributed by atoms with van der Waals surface area (Å²) in [6.45, 7) is 9.49. The van der Waals surface area contributed by atoms with Crippen molar-refractivity contribution in [3.63, 3.8) is 0 Å². The lowest BCUT2D eigenvalue weighted by molar-refractivity contribution is -0.161. The molecule has 17 nitrogen and oxygen atoms in total. The van der Waals surface area contributed by atoms with Crippen LogP contribution >= 0.6 is 15.6 Å². The molecule has 0 heterocycles. The molecule has 0 aliphatic heterocycles. The average Bonchev–Trinajstić information content (AvgIpc) is 3.50. The van der Waals surface area contributed by atoms with Crippen molar-refractivity contribution in [1.82, 2.24) is 0 Å². The van der Waals surface area contributed by atoms with Gasteiger partial charge in [0.1, 0.15) is 19.3 Å². The molecule has 3 N–H and O–H groups in total. The number of carbonyl (C=O) groups excluding carboxylic acids is 4. The molecule has 0 aliphatic carbocycles. The van der Waals surface area contributed by atoms with Gasteiger partial charge in [-0.25, -0.2) is 9.13 Å². The summed E-state index contributed by atoms with van der Waals surface area (Å²) < 4.78 is 68.3. The third-order valence-corrected chi connectivity index (χ3v) is 19.6. The Labute approximate surface area is 562 Å². The normalized spacial score (nSPS) is 14.7. The topological polar surface area (TPSA) is 237 Å². The molecule has 92 heavy (non-hydrogen) atoms. The van der Waals surface area contributed by atoms with Gasteiger partial charge < -0.3 is 33.8 Å². The highest BCUT2D eigenvalue weighted by Crippen LogP contribution is 2.45. The fraction of sp³-hybridized carbons (Fsp3) is 0.945. The highest BCUT2D eigenvalue weighted by atomic mass is 31.2. The van der Waals surface area contributed by atoms with E-state index in [1.807, 2.05) is 0 Å². The van der Waals surface area contributed by atoms with E-state index in [1.165, 1.54) is 186 Å². The van der Waals surface area contributed by atoms with E-state index in [0.717, 1.165) is 108 Å². The molecule has 0 bridgehead atoms. The van der Waals surface area contributed by atoms with Gasteiger partial charge in [-0.2, -0.15) is 0 Å². The van der Waals surface area contributed by atoms with Gasteiger partial charge in [0, 0.05) is 25.7 Å². The minimum Gasteiger partial charge on any atom is -0.462 e. The van der Waals surface area contributed by atoms with Crippen molar-refractivity contribution in [2.24, 2.45) is 11.8 Å². The number of phosphoric ester groups is 2. The molecule has 0 saturated heterocycles. The van der Waals surface area contributed by atoms with Crippen molar-refractivity contribution >= 4 is 39.5 Å². The zero-order chi connectivity index (χ0) is 67.9. The number of carbonyl (C=O) groups is 4. The number of hydrogen-bond acceptors (Lipinski definition) is 15. The van der Waals surface area contributed by atoms with Crippen molar-refractivity contribution in [3.8, 4) is 0 Å². The summed E-state index contributed by atoms with van der Waals surface area (Å²) in [5, 5.41) is 10.6. The summed E-state index contributed by atoms with van der Waals surface area (Å²) in [6, 6.07) is 0. The molecule has 0 aromatic heterocycles. The van der Waals surface area contributed by atoms with Crippen LogP contribution in [0.25, 0.3) is 0 Å². The number of rotatable bonds is 72. The van der Waals surface area contributed by atoms with Gasteiger partial charge in [0.05, 0.1) is 26.4 Å². The first-order valence-electron chi connectivity index (χ1n) is 38.1. The van der Waals surface area contributed by atoms with Crippen molar-refractivity contribution in [3.05, 3.63) is 0 Å². The second-order valence-corrected chi connectivity index (χ2v) is 29.7. The predicted molar refractivity (Wildman–Crippen MR) is 372 cm³/mol. The van der Waals surface area contributed by atoms with Crippen LogP contribution in [0.5, 0.6) is 0 Å². The number of phosphoric acid groups is 2. The third kappa shape index (κ3) is 64.1. The Balaban J connectivity index is 5.14. The maximum atomic E-state index is 13.1. The number of ether oxygens (including phenoxy) is 4. The lowest BCUT2D eigenvalue weighted by Gasteiger charge is -2.21. The Morgan fingerprint density at radius 1 is 0.304 bits per heavy atom. The van der Waals surface area contributed by atoms with E-state index in [1.54, 1.807) is 0 Å². The van der Waals surface area contributed by atoms with Gasteiger partial charge >= 0.3 is 39.5 Å². The lowest BCUT2D eigenvalue weighted by atomic mass is 9.99. The first-order valence-corrected chi connectivity index (χ1v) is 41.1. The van der Waals surface area contributed by atoms with Gasteiger partial charge in [0.25, 0.3) is 0 Å². The van der Waals surface area contributed by atoms with Gasteiger partial charge in [-0.15, -0.1) is 0 Å². The van der Waals surface area contributed by atoms with Crippen LogP contribution in [0.1, 0.15) is 375 Å². The van der Waals surface area contributed by atoms with Crippen molar-refractivity contribution in [2.45, 2.75) is 394 Å². The van der Waals surface area contributed by atoms with Gasteiger partial charge in [-0.3, -0.25) is 37.3 Å². The van der Waals surface area contributed by atoms with Crippen LogP contribution in [0.2, 0.25) is 0 Å². The van der Waals surface area contributed by atoms with E-state index in [9.17, 15) is 43.2 Å². The predicted octanol–water partition coefficient (Wildman–Crippen LogP) is 21.2. The van der Waals surface area contributed by atoms with Crippen molar-refractivity contribution < 1.29 is 80.2 Å². The molecule has 0 fully saturated rings. The van der Waals surface area contributed by atoms with Crippen LogP contribution < -0.4 is 0 Å². The van der Waals surface area contributed by atoms with Crippen LogP contribution in [0.15, 0.2) is 0 Å². The van der Waals surface area contributed by atoms with Crippen LogP contribution in [-0.2, 0) is 65.4 Å². The fourth-order valence-corrected chi connectivity index (χ4v) is 12.6. The number of aliphatic hydroxyl groups excluding tert-OH is 1. The first-order chi connectivity index (χ1) is 44.4. The molecule has 7 atom stereocenters. The summed E-state index contributed by atoms with van der Waals surface area (Å²) in [7, 11) is -9.90. The number of esters is 4. The SMILES string of the molecule is CCCCCCCCCCCCCCCCCCCCCCCCC(=O)O[C@H](COC(=O)CCCCCCCCCCC(C)CC)COP(=O)(O)OC[C@@H](O)COP(=O)(O)OC[C@@H](COC(=O)CCCCCCCCCC)OC(=O)CCCCCCCCC(C)CC. The molecule has 19 heteroatoms. The number of unbranched alkanes of at least 4 members (excludes halogenated alkanes) is 40. The molecule has 0 spiro atoms. The maximum Gasteiger partial charge on any atom is 0.472 e.